The van der Waals surface area contributed by atoms with Crippen LogP contribution in [0.3, 0.4) is 0 Å². The lowest BCUT2D eigenvalue weighted by atomic mass is 9.81. The summed E-state index contributed by atoms with van der Waals surface area (Å²) in [5, 5.41) is 22.3. The van der Waals surface area contributed by atoms with E-state index < -0.39 is 6.10 Å². The molecule has 2 N–H and O–H groups in total. The molecule has 21 heavy (non-hydrogen) atoms. The maximum absolute atomic E-state index is 10.5. The Morgan fingerprint density at radius 2 is 2.33 bits per heavy atom. The van der Waals surface area contributed by atoms with Crippen LogP contribution in [0.2, 0.25) is 5.02 Å². The first kappa shape index (κ1) is 13.5. The molecule has 2 aromatic heterocycles. The maximum Gasteiger partial charge on any atom is 0.131 e. The van der Waals surface area contributed by atoms with Crippen LogP contribution in [-0.2, 0) is 5.41 Å². The second-order valence-corrected chi connectivity index (χ2v) is 6.94. The Morgan fingerprint density at radius 1 is 1.48 bits per heavy atom. The minimum atomic E-state index is -0.477. The average molecular weight is 371 g/mol. The van der Waals surface area contributed by atoms with Gasteiger partial charge < -0.3 is 10.4 Å². The fourth-order valence-corrected chi connectivity index (χ4v) is 4.23. The van der Waals surface area contributed by atoms with Crippen LogP contribution in [0.25, 0.3) is 0 Å². The molecule has 0 bridgehead atoms. The fraction of sp³-hybridized carbons (Fsp3) is 0.462. The predicted octanol–water partition coefficient (Wildman–Crippen LogP) is 2.15. The van der Waals surface area contributed by atoms with Crippen molar-refractivity contribution in [3.8, 4) is 0 Å². The zero-order valence-corrected chi connectivity index (χ0v) is 13.3. The van der Waals surface area contributed by atoms with Crippen LogP contribution in [0, 0.1) is 0 Å². The van der Waals surface area contributed by atoms with Crippen LogP contribution in [0.4, 0.5) is 5.82 Å². The summed E-state index contributed by atoms with van der Waals surface area (Å²) in [6.07, 6.45) is 6.04. The van der Waals surface area contributed by atoms with Gasteiger partial charge in [-0.2, -0.15) is 0 Å². The molecule has 0 amide bonds. The average Bonchev–Trinajstić information content (AvgIpc) is 3.15. The molecule has 1 aliphatic carbocycles. The molecule has 2 aromatic rings. The van der Waals surface area contributed by atoms with Gasteiger partial charge in [-0.1, -0.05) is 16.8 Å². The lowest BCUT2D eigenvalue weighted by Gasteiger charge is -2.24. The van der Waals surface area contributed by atoms with Gasteiger partial charge in [0.05, 0.1) is 27.8 Å². The Kier molecular flexibility index (Phi) is 2.99. The molecule has 6 nitrogen and oxygen atoms in total. The van der Waals surface area contributed by atoms with Crippen LogP contribution >= 0.6 is 27.5 Å². The summed E-state index contributed by atoms with van der Waals surface area (Å²) < 4.78 is 2.51. The SMILES string of the molecule is OC1CC2(CNc3ncc(Br)c(Cl)c32)CC1n1ccnn1. The Bertz CT molecular complexity index is 694. The number of pyridine rings is 1. The smallest absolute Gasteiger partial charge is 0.131 e. The number of hydrogen-bond acceptors (Lipinski definition) is 5. The fourth-order valence-electron chi connectivity index (χ4n) is 3.59. The van der Waals surface area contributed by atoms with Gasteiger partial charge in [0.1, 0.15) is 5.82 Å². The highest BCUT2D eigenvalue weighted by Gasteiger charge is 2.52. The highest BCUT2D eigenvalue weighted by Crippen LogP contribution is 2.54. The van der Waals surface area contributed by atoms with Crippen molar-refractivity contribution in [2.24, 2.45) is 0 Å². The van der Waals surface area contributed by atoms with Crippen molar-refractivity contribution in [1.82, 2.24) is 20.0 Å². The summed E-state index contributed by atoms with van der Waals surface area (Å²) in [5.74, 6) is 0.814. The molecule has 1 aliphatic heterocycles. The number of hydrogen-bond donors (Lipinski definition) is 2. The van der Waals surface area contributed by atoms with Gasteiger partial charge >= 0.3 is 0 Å². The Labute approximate surface area is 134 Å². The molecule has 1 spiro atoms. The molecule has 3 heterocycles. The first-order valence-corrected chi connectivity index (χ1v) is 7.90. The number of halogens is 2. The second kappa shape index (κ2) is 4.66. The van der Waals surface area contributed by atoms with E-state index in [-0.39, 0.29) is 11.5 Å². The van der Waals surface area contributed by atoms with Gasteiger partial charge in [0.2, 0.25) is 0 Å². The number of anilines is 1. The summed E-state index contributed by atoms with van der Waals surface area (Å²) in [6, 6.07) is -0.0877. The number of nitrogens with zero attached hydrogens (tertiary/aromatic N) is 4. The van der Waals surface area contributed by atoms with Crippen LogP contribution in [0.1, 0.15) is 24.4 Å². The summed E-state index contributed by atoms with van der Waals surface area (Å²) in [7, 11) is 0. The van der Waals surface area contributed by atoms with Crippen molar-refractivity contribution in [2.45, 2.75) is 30.4 Å². The number of aliphatic hydroxyl groups is 1. The molecule has 4 rings (SSSR count). The third kappa shape index (κ3) is 1.91. The van der Waals surface area contributed by atoms with E-state index in [4.69, 9.17) is 11.6 Å². The Morgan fingerprint density at radius 3 is 3.10 bits per heavy atom. The van der Waals surface area contributed by atoms with E-state index in [1.54, 1.807) is 23.3 Å². The van der Waals surface area contributed by atoms with Crippen LogP contribution in [0.5, 0.6) is 0 Å². The maximum atomic E-state index is 10.5. The zero-order valence-electron chi connectivity index (χ0n) is 11.0. The molecule has 8 heteroatoms. The number of fused-ring (bicyclic) bond motifs is 2. The lowest BCUT2D eigenvalue weighted by Crippen LogP contribution is -2.26. The standard InChI is InChI=1S/C13H13BrClN5O/c14-7-5-16-12-10(11(7)15)13(6-17-12)3-8(9(21)4-13)20-2-1-18-19-20/h1-2,5,8-9,21H,3-4,6H2,(H,16,17). The molecule has 3 atom stereocenters. The Hall–Kier alpha value is -1.18. The number of nitrogens with one attached hydrogen (secondary N) is 1. The van der Waals surface area contributed by atoms with Crippen molar-refractivity contribution < 1.29 is 5.11 Å². The molecule has 2 aliphatic rings. The number of aromatic nitrogens is 4. The van der Waals surface area contributed by atoms with Crippen molar-refractivity contribution in [2.75, 3.05) is 11.9 Å². The quantitative estimate of drug-likeness (QED) is 0.804. The third-order valence-electron chi connectivity index (χ3n) is 4.52. The second-order valence-electron chi connectivity index (χ2n) is 5.70. The van der Waals surface area contributed by atoms with Crippen molar-refractivity contribution in [3.05, 3.63) is 33.6 Å². The molecule has 110 valence electrons. The van der Waals surface area contributed by atoms with E-state index >= 15 is 0 Å². The molecule has 1 fully saturated rings. The minimum absolute atomic E-state index is 0.0877. The first-order valence-electron chi connectivity index (χ1n) is 6.73. The molecule has 0 radical (unpaired) electrons. The highest BCUT2D eigenvalue weighted by atomic mass is 79.9. The molecular formula is C13H13BrClN5O. The van der Waals surface area contributed by atoms with Gasteiger partial charge in [-0.25, -0.2) is 9.67 Å². The van der Waals surface area contributed by atoms with E-state index in [1.807, 2.05) is 0 Å². The molecular weight excluding hydrogens is 358 g/mol. The monoisotopic (exact) mass is 369 g/mol. The van der Waals surface area contributed by atoms with Crippen molar-refractivity contribution >= 4 is 33.3 Å². The van der Waals surface area contributed by atoms with Gasteiger partial charge in [0, 0.05) is 29.9 Å². The van der Waals surface area contributed by atoms with Gasteiger partial charge in [0.25, 0.3) is 0 Å². The van der Waals surface area contributed by atoms with Gasteiger partial charge in [-0.3, -0.25) is 0 Å². The van der Waals surface area contributed by atoms with Crippen molar-refractivity contribution in [1.29, 1.82) is 0 Å². The van der Waals surface area contributed by atoms with E-state index in [0.29, 0.717) is 11.4 Å². The summed E-state index contributed by atoms with van der Waals surface area (Å²) >= 11 is 9.92. The minimum Gasteiger partial charge on any atom is -0.391 e. The summed E-state index contributed by atoms with van der Waals surface area (Å²) in [6.45, 7) is 0.730. The van der Waals surface area contributed by atoms with E-state index in [1.165, 1.54) is 0 Å². The predicted molar refractivity (Wildman–Crippen MR) is 81.4 cm³/mol. The third-order valence-corrected chi connectivity index (χ3v) is 5.74. The molecule has 0 saturated heterocycles. The van der Waals surface area contributed by atoms with Gasteiger partial charge in [-0.15, -0.1) is 5.10 Å². The molecule has 1 saturated carbocycles. The summed E-state index contributed by atoms with van der Waals surface area (Å²) in [5.41, 5.74) is 0.791. The molecule has 3 unspecified atom stereocenters. The van der Waals surface area contributed by atoms with Crippen molar-refractivity contribution in [3.63, 3.8) is 0 Å². The molecule has 0 aromatic carbocycles. The van der Waals surface area contributed by atoms with E-state index in [0.717, 1.165) is 28.8 Å². The lowest BCUT2D eigenvalue weighted by molar-refractivity contribution is 0.127. The van der Waals surface area contributed by atoms with Crippen LogP contribution in [0.15, 0.2) is 23.1 Å². The zero-order chi connectivity index (χ0) is 14.6. The van der Waals surface area contributed by atoms with Gasteiger partial charge in [0.15, 0.2) is 0 Å². The summed E-state index contributed by atoms with van der Waals surface area (Å²) in [4.78, 5) is 4.39. The first-order chi connectivity index (χ1) is 10.1. The topological polar surface area (TPSA) is 75.9 Å². The van der Waals surface area contributed by atoms with E-state index in [9.17, 15) is 5.11 Å². The largest absolute Gasteiger partial charge is 0.391 e. The normalized spacial score (nSPS) is 30.6. The van der Waals surface area contributed by atoms with Crippen LogP contribution in [-0.4, -0.2) is 37.7 Å². The Balaban J connectivity index is 1.78. The number of aliphatic hydroxyl groups excluding tert-OH is 1. The number of rotatable bonds is 1. The van der Waals surface area contributed by atoms with Crippen LogP contribution < -0.4 is 5.32 Å². The van der Waals surface area contributed by atoms with E-state index in [2.05, 4.69) is 36.5 Å². The van der Waals surface area contributed by atoms with Gasteiger partial charge in [-0.05, 0) is 28.8 Å². The highest BCUT2D eigenvalue weighted by molar-refractivity contribution is 9.10.